The molecule has 0 bridgehead atoms. The molecule has 1 aliphatic heterocycles. The zero-order chi connectivity index (χ0) is 16.3. The Balaban J connectivity index is 2.28. The molecule has 120 valence electrons. The molecule has 1 unspecified atom stereocenters. The van der Waals surface area contributed by atoms with Crippen molar-refractivity contribution in [3.05, 3.63) is 23.0 Å². The average Bonchev–Trinajstić information content (AvgIpc) is 2.50. The first-order chi connectivity index (χ1) is 10.4. The minimum atomic E-state index is 0.438. The smallest absolute Gasteiger partial charge is 0.163 e. The first-order valence-corrected chi connectivity index (χ1v) is 8.28. The standard InChI is InChI=1S/C18H28N4/c1-12(2)13(3)16-11-20-17(10-19)18(14(16)4)21-15-6-8-22(5)9-7-15/h11-13,15,21H,6-9H2,1-5H3. The van der Waals surface area contributed by atoms with Crippen molar-refractivity contribution < 1.29 is 0 Å². The molecule has 0 spiro atoms. The molecule has 0 saturated carbocycles. The van der Waals surface area contributed by atoms with Gasteiger partial charge in [-0.2, -0.15) is 5.26 Å². The van der Waals surface area contributed by atoms with E-state index in [1.54, 1.807) is 0 Å². The van der Waals surface area contributed by atoms with Gasteiger partial charge in [-0.05, 0) is 62.9 Å². The summed E-state index contributed by atoms with van der Waals surface area (Å²) in [6.07, 6.45) is 4.12. The Bertz CT molecular complexity index is 551. The number of hydrogen-bond donors (Lipinski definition) is 1. The lowest BCUT2D eigenvalue weighted by atomic mass is 9.88. The molecule has 1 atom stereocenters. The molecule has 1 fully saturated rings. The molecule has 1 aromatic heterocycles. The number of piperidine rings is 1. The molecule has 0 aliphatic carbocycles. The summed E-state index contributed by atoms with van der Waals surface area (Å²) in [5, 5.41) is 13.0. The van der Waals surface area contributed by atoms with E-state index in [2.05, 4.69) is 56.0 Å². The summed E-state index contributed by atoms with van der Waals surface area (Å²) in [5.41, 5.74) is 3.91. The number of nitriles is 1. The highest BCUT2D eigenvalue weighted by atomic mass is 15.1. The first kappa shape index (κ1) is 16.8. The molecule has 4 nitrogen and oxygen atoms in total. The number of likely N-dealkylation sites (tertiary alicyclic amines) is 1. The van der Waals surface area contributed by atoms with E-state index in [1.807, 2.05) is 6.20 Å². The van der Waals surface area contributed by atoms with Gasteiger partial charge >= 0.3 is 0 Å². The topological polar surface area (TPSA) is 52.0 Å². The molecule has 0 amide bonds. The number of anilines is 1. The second-order valence-electron chi connectivity index (χ2n) is 6.93. The van der Waals surface area contributed by atoms with Crippen LogP contribution in [0.25, 0.3) is 0 Å². The van der Waals surface area contributed by atoms with E-state index in [0.717, 1.165) is 31.6 Å². The Morgan fingerprint density at radius 2 is 1.95 bits per heavy atom. The largest absolute Gasteiger partial charge is 0.380 e. The highest BCUT2D eigenvalue weighted by molar-refractivity contribution is 5.62. The van der Waals surface area contributed by atoms with E-state index in [0.29, 0.717) is 23.6 Å². The third-order valence-electron chi connectivity index (χ3n) is 5.04. The van der Waals surface area contributed by atoms with E-state index in [9.17, 15) is 5.26 Å². The highest BCUT2D eigenvalue weighted by Crippen LogP contribution is 2.32. The van der Waals surface area contributed by atoms with Gasteiger partial charge in [0.25, 0.3) is 0 Å². The van der Waals surface area contributed by atoms with Gasteiger partial charge in [0.1, 0.15) is 6.07 Å². The van der Waals surface area contributed by atoms with Crippen LogP contribution in [0.2, 0.25) is 0 Å². The maximum atomic E-state index is 9.39. The van der Waals surface area contributed by atoms with E-state index >= 15 is 0 Å². The highest BCUT2D eigenvalue weighted by Gasteiger charge is 2.22. The molecule has 1 aromatic rings. The van der Waals surface area contributed by atoms with Crippen LogP contribution in [0.3, 0.4) is 0 Å². The SMILES string of the molecule is Cc1c(C(C)C(C)C)cnc(C#N)c1NC1CCN(C)CC1. The number of hydrogen-bond acceptors (Lipinski definition) is 4. The normalized spacial score (nSPS) is 18.2. The molecular weight excluding hydrogens is 272 g/mol. The van der Waals surface area contributed by atoms with Crippen molar-refractivity contribution in [1.82, 2.24) is 9.88 Å². The number of aromatic nitrogens is 1. The lowest BCUT2D eigenvalue weighted by Crippen LogP contribution is -2.37. The van der Waals surface area contributed by atoms with Crippen molar-refractivity contribution in [3.8, 4) is 6.07 Å². The van der Waals surface area contributed by atoms with Crippen molar-refractivity contribution in [2.24, 2.45) is 5.92 Å². The fourth-order valence-corrected chi connectivity index (χ4v) is 3.05. The van der Waals surface area contributed by atoms with Crippen LogP contribution in [0.5, 0.6) is 0 Å². The molecule has 22 heavy (non-hydrogen) atoms. The predicted molar refractivity (Wildman–Crippen MR) is 91.1 cm³/mol. The van der Waals surface area contributed by atoms with Gasteiger partial charge in [0.2, 0.25) is 0 Å². The fourth-order valence-electron chi connectivity index (χ4n) is 3.05. The van der Waals surface area contributed by atoms with E-state index in [4.69, 9.17) is 0 Å². The van der Waals surface area contributed by atoms with Crippen LogP contribution >= 0.6 is 0 Å². The Labute approximate surface area is 134 Å². The summed E-state index contributed by atoms with van der Waals surface area (Å²) in [5.74, 6) is 1.00. The molecule has 4 heteroatoms. The van der Waals surface area contributed by atoms with Gasteiger partial charge in [-0.3, -0.25) is 0 Å². The third-order valence-corrected chi connectivity index (χ3v) is 5.04. The summed E-state index contributed by atoms with van der Waals surface area (Å²) in [4.78, 5) is 6.76. The van der Waals surface area contributed by atoms with Crippen LogP contribution in [0.1, 0.15) is 56.4 Å². The minimum Gasteiger partial charge on any atom is -0.380 e. The van der Waals surface area contributed by atoms with Gasteiger partial charge in [0.15, 0.2) is 5.69 Å². The molecule has 1 N–H and O–H groups in total. The zero-order valence-corrected chi connectivity index (χ0v) is 14.5. The number of nitrogens with one attached hydrogen (secondary N) is 1. The molecule has 1 aliphatic rings. The van der Waals surface area contributed by atoms with Gasteiger partial charge in [-0.1, -0.05) is 20.8 Å². The van der Waals surface area contributed by atoms with Crippen molar-refractivity contribution in [1.29, 1.82) is 5.26 Å². The van der Waals surface area contributed by atoms with Crippen molar-refractivity contribution in [2.45, 2.75) is 52.5 Å². The van der Waals surface area contributed by atoms with Gasteiger partial charge in [-0.15, -0.1) is 0 Å². The summed E-state index contributed by atoms with van der Waals surface area (Å²) in [6, 6.07) is 2.68. The van der Waals surface area contributed by atoms with E-state index < -0.39 is 0 Å². The number of rotatable bonds is 4. The van der Waals surface area contributed by atoms with Crippen molar-refractivity contribution in [3.63, 3.8) is 0 Å². The predicted octanol–water partition coefficient (Wildman–Crippen LogP) is 3.53. The van der Waals surface area contributed by atoms with Gasteiger partial charge < -0.3 is 10.2 Å². The summed E-state index contributed by atoms with van der Waals surface area (Å²) in [6.45, 7) is 11.0. The monoisotopic (exact) mass is 300 g/mol. The summed E-state index contributed by atoms with van der Waals surface area (Å²) >= 11 is 0. The molecule has 1 saturated heterocycles. The fraction of sp³-hybridized carbons (Fsp3) is 0.667. The van der Waals surface area contributed by atoms with Crippen LogP contribution in [-0.4, -0.2) is 36.1 Å². The van der Waals surface area contributed by atoms with Gasteiger partial charge in [-0.25, -0.2) is 4.98 Å². The lowest BCUT2D eigenvalue weighted by molar-refractivity contribution is 0.264. The van der Waals surface area contributed by atoms with Crippen molar-refractivity contribution in [2.75, 3.05) is 25.5 Å². The quantitative estimate of drug-likeness (QED) is 0.924. The number of nitrogens with zero attached hydrogens (tertiary/aromatic N) is 3. The van der Waals surface area contributed by atoms with Crippen LogP contribution in [0, 0.1) is 24.2 Å². The van der Waals surface area contributed by atoms with Gasteiger partial charge in [0.05, 0.1) is 5.69 Å². The molecule has 0 aromatic carbocycles. The molecule has 0 radical (unpaired) electrons. The Hall–Kier alpha value is -1.60. The second-order valence-corrected chi connectivity index (χ2v) is 6.93. The van der Waals surface area contributed by atoms with E-state index in [1.165, 1.54) is 11.1 Å². The minimum absolute atomic E-state index is 0.438. The van der Waals surface area contributed by atoms with Crippen LogP contribution in [-0.2, 0) is 0 Å². The summed E-state index contributed by atoms with van der Waals surface area (Å²) in [7, 11) is 2.16. The van der Waals surface area contributed by atoms with Gasteiger partial charge in [0, 0.05) is 12.2 Å². The second kappa shape index (κ2) is 7.11. The van der Waals surface area contributed by atoms with Crippen LogP contribution < -0.4 is 5.32 Å². The van der Waals surface area contributed by atoms with E-state index in [-0.39, 0.29) is 0 Å². The lowest BCUT2D eigenvalue weighted by Gasteiger charge is -2.31. The summed E-state index contributed by atoms with van der Waals surface area (Å²) < 4.78 is 0. The molecular formula is C18H28N4. The van der Waals surface area contributed by atoms with Crippen LogP contribution in [0.4, 0.5) is 5.69 Å². The maximum Gasteiger partial charge on any atom is 0.163 e. The Morgan fingerprint density at radius 3 is 2.50 bits per heavy atom. The zero-order valence-electron chi connectivity index (χ0n) is 14.5. The Morgan fingerprint density at radius 1 is 1.32 bits per heavy atom. The molecule has 2 rings (SSSR count). The average molecular weight is 300 g/mol. The molecule has 2 heterocycles. The Kier molecular flexibility index (Phi) is 5.42. The van der Waals surface area contributed by atoms with Crippen LogP contribution in [0.15, 0.2) is 6.20 Å². The van der Waals surface area contributed by atoms with Crippen molar-refractivity contribution >= 4 is 5.69 Å². The maximum absolute atomic E-state index is 9.39. The first-order valence-electron chi connectivity index (χ1n) is 8.28. The number of pyridine rings is 1. The third kappa shape index (κ3) is 3.59.